The Morgan fingerprint density at radius 2 is 1.04 bits per heavy atom. The number of rotatable bonds is 5. The van der Waals surface area contributed by atoms with Crippen molar-refractivity contribution < 1.29 is 11.0 Å². The molecule has 3 heterocycles. The predicted octanol–water partition coefficient (Wildman–Crippen LogP) is 10.2. The molecule has 0 fully saturated rings. The van der Waals surface area contributed by atoms with Crippen LogP contribution >= 0.6 is 11.3 Å². The molecule has 0 saturated carbocycles. The SMILES string of the molecule is [2H]c1c([2H])c([2H])c2c(c1[2H])c1c([2H])c([2H])c([2H])c([2H])c1n2-c1nc(-c2ccc(-c3ccccc3)cc2)nc(-c2ccc3sc(-c4ccccc4)nc3c2)n1. The maximum atomic E-state index is 8.99. The molecule has 0 aliphatic heterocycles. The zero-order valence-corrected chi connectivity index (χ0v) is 24.8. The fourth-order valence-corrected chi connectivity index (χ4v) is 6.51. The summed E-state index contributed by atoms with van der Waals surface area (Å²) in [5.74, 6) is 0.394. The molecule has 6 heteroatoms. The van der Waals surface area contributed by atoms with Crippen molar-refractivity contribution in [2.45, 2.75) is 0 Å². The highest BCUT2D eigenvalue weighted by Crippen LogP contribution is 2.35. The maximum absolute atomic E-state index is 8.99. The summed E-state index contributed by atoms with van der Waals surface area (Å²) in [4.78, 5) is 19.5. The van der Waals surface area contributed by atoms with Crippen LogP contribution < -0.4 is 0 Å². The van der Waals surface area contributed by atoms with Crippen LogP contribution in [0.15, 0.2) is 151 Å². The van der Waals surface area contributed by atoms with E-state index in [0.717, 1.165) is 31.9 Å². The largest absolute Gasteiger partial charge is 0.278 e. The van der Waals surface area contributed by atoms with Gasteiger partial charge < -0.3 is 0 Å². The van der Waals surface area contributed by atoms with Crippen molar-refractivity contribution in [2.75, 3.05) is 0 Å². The van der Waals surface area contributed by atoms with E-state index in [2.05, 4.69) is 0 Å². The molecule has 0 saturated heterocycles. The van der Waals surface area contributed by atoms with Crippen molar-refractivity contribution >= 4 is 43.4 Å². The van der Waals surface area contributed by atoms with E-state index in [9.17, 15) is 0 Å². The van der Waals surface area contributed by atoms with Gasteiger partial charge in [-0.2, -0.15) is 9.97 Å². The van der Waals surface area contributed by atoms with Gasteiger partial charge in [0.1, 0.15) is 5.01 Å². The van der Waals surface area contributed by atoms with Gasteiger partial charge in [-0.25, -0.2) is 9.97 Å². The van der Waals surface area contributed by atoms with E-state index >= 15 is 0 Å². The van der Waals surface area contributed by atoms with Gasteiger partial charge in [0.2, 0.25) is 5.95 Å². The molecular formula is C40H25N5S. The van der Waals surface area contributed by atoms with Gasteiger partial charge in [-0.15, -0.1) is 11.3 Å². The Bertz CT molecular complexity index is 2890. The van der Waals surface area contributed by atoms with Crippen molar-refractivity contribution in [3.63, 3.8) is 0 Å². The molecule has 0 amide bonds. The van der Waals surface area contributed by atoms with Crippen LogP contribution in [0.2, 0.25) is 0 Å². The molecule has 5 nitrogen and oxygen atoms in total. The molecule has 9 rings (SSSR count). The summed E-state index contributed by atoms with van der Waals surface area (Å²) in [5.41, 5.74) is 4.80. The number of benzene rings is 6. The molecule has 46 heavy (non-hydrogen) atoms. The fourth-order valence-electron chi connectivity index (χ4n) is 5.56. The minimum atomic E-state index is -0.527. The molecule has 0 N–H and O–H groups in total. The van der Waals surface area contributed by atoms with Gasteiger partial charge in [0.05, 0.1) is 32.2 Å². The number of hydrogen-bond acceptors (Lipinski definition) is 5. The van der Waals surface area contributed by atoms with Crippen LogP contribution in [-0.4, -0.2) is 24.5 Å². The lowest BCUT2D eigenvalue weighted by Gasteiger charge is -2.11. The summed E-state index contributed by atoms with van der Waals surface area (Å²) in [5, 5.41) is 0.735. The molecule has 0 unspecified atom stereocenters. The molecule has 0 atom stereocenters. The number of hydrogen-bond donors (Lipinski definition) is 0. The van der Waals surface area contributed by atoms with Gasteiger partial charge >= 0.3 is 0 Å². The second-order valence-electron chi connectivity index (χ2n) is 10.6. The van der Waals surface area contributed by atoms with Crippen LogP contribution in [0.3, 0.4) is 0 Å². The Hall–Kier alpha value is -5.98. The van der Waals surface area contributed by atoms with Gasteiger partial charge in [0.15, 0.2) is 11.6 Å². The summed E-state index contributed by atoms with van der Waals surface area (Å²) in [7, 11) is 0. The van der Waals surface area contributed by atoms with Crippen molar-refractivity contribution in [2.24, 2.45) is 0 Å². The molecular weight excluding hydrogens is 583 g/mol. The van der Waals surface area contributed by atoms with Crippen LogP contribution in [0.5, 0.6) is 0 Å². The van der Waals surface area contributed by atoms with E-state index in [1.165, 1.54) is 4.57 Å². The number of nitrogens with zero attached hydrogens (tertiary/aromatic N) is 5. The van der Waals surface area contributed by atoms with Crippen LogP contribution in [-0.2, 0) is 0 Å². The lowest BCUT2D eigenvalue weighted by Crippen LogP contribution is -2.06. The lowest BCUT2D eigenvalue weighted by molar-refractivity contribution is 0.953. The van der Waals surface area contributed by atoms with Crippen LogP contribution in [0.1, 0.15) is 11.0 Å². The van der Waals surface area contributed by atoms with E-state index in [1.807, 2.05) is 103 Å². The Morgan fingerprint density at radius 3 is 1.72 bits per heavy atom. The average molecular weight is 616 g/mol. The van der Waals surface area contributed by atoms with Crippen molar-refractivity contribution in [1.82, 2.24) is 24.5 Å². The molecule has 0 spiro atoms. The number of para-hydroxylation sites is 2. The fraction of sp³-hybridized carbons (Fsp3) is 0. The van der Waals surface area contributed by atoms with E-state index < -0.39 is 48.3 Å². The zero-order valence-electron chi connectivity index (χ0n) is 32.0. The third-order valence-corrected chi connectivity index (χ3v) is 8.86. The molecule has 0 bridgehead atoms. The molecule has 6 aromatic carbocycles. The topological polar surface area (TPSA) is 56.5 Å². The van der Waals surface area contributed by atoms with Crippen molar-refractivity contribution in [3.8, 4) is 50.4 Å². The number of fused-ring (bicyclic) bond motifs is 4. The van der Waals surface area contributed by atoms with Gasteiger partial charge in [-0.05, 0) is 41.4 Å². The molecule has 0 radical (unpaired) electrons. The Labute approximate surface area is 280 Å². The Balaban J connectivity index is 1.33. The van der Waals surface area contributed by atoms with E-state index in [-0.39, 0.29) is 39.4 Å². The van der Waals surface area contributed by atoms with E-state index in [1.54, 1.807) is 11.3 Å². The molecule has 3 aromatic heterocycles. The monoisotopic (exact) mass is 615 g/mol. The predicted molar refractivity (Wildman–Crippen MR) is 189 cm³/mol. The third kappa shape index (κ3) is 4.55. The number of aromatic nitrogens is 5. The summed E-state index contributed by atoms with van der Waals surface area (Å²) in [6, 6.07) is 29.3. The minimum Gasteiger partial charge on any atom is -0.278 e. The molecule has 0 aliphatic rings. The normalized spacial score (nSPS) is 13.9. The van der Waals surface area contributed by atoms with E-state index in [0.29, 0.717) is 11.1 Å². The Kier molecular flexibility index (Phi) is 4.59. The first kappa shape index (κ1) is 19.4. The summed E-state index contributed by atoms with van der Waals surface area (Å²) >= 11 is 1.56. The van der Waals surface area contributed by atoms with Crippen LogP contribution in [0.25, 0.3) is 82.4 Å². The van der Waals surface area contributed by atoms with Crippen molar-refractivity contribution in [3.05, 3.63) is 151 Å². The summed E-state index contributed by atoms with van der Waals surface area (Å²) in [6.45, 7) is 0. The van der Waals surface area contributed by atoms with Gasteiger partial charge in [-0.1, -0.05) is 121 Å². The number of thiazole rings is 1. The van der Waals surface area contributed by atoms with E-state index in [4.69, 9.17) is 30.9 Å². The highest BCUT2D eigenvalue weighted by molar-refractivity contribution is 7.21. The minimum absolute atomic E-state index is 0.0592. The molecule has 9 aromatic rings. The van der Waals surface area contributed by atoms with Crippen LogP contribution in [0.4, 0.5) is 0 Å². The second kappa shape index (κ2) is 10.9. The highest BCUT2D eigenvalue weighted by atomic mass is 32.1. The first-order valence-electron chi connectivity index (χ1n) is 18.5. The first-order chi connectivity index (χ1) is 26.1. The Morgan fingerprint density at radius 1 is 0.500 bits per heavy atom. The van der Waals surface area contributed by atoms with Crippen molar-refractivity contribution in [1.29, 1.82) is 0 Å². The standard InChI is InChI=1S/C40H25N5S/c1-3-11-26(12-4-1)27-19-21-28(22-20-27)37-42-38(30-23-24-36-33(25-30)41-39(46-36)29-13-5-2-6-14-29)44-40(43-37)45-34-17-9-7-15-31(34)32-16-8-10-18-35(32)45/h1-25H/i7D,8D,9D,10D,15D,16D,17D,18D. The molecule has 0 aliphatic carbocycles. The maximum Gasteiger partial charge on any atom is 0.238 e. The average Bonchev–Trinajstić information content (AvgIpc) is 3.81. The first-order valence-corrected chi connectivity index (χ1v) is 15.3. The quantitative estimate of drug-likeness (QED) is 0.193. The van der Waals surface area contributed by atoms with Gasteiger partial charge in [0, 0.05) is 27.5 Å². The third-order valence-electron chi connectivity index (χ3n) is 7.77. The zero-order chi connectivity index (χ0) is 37.4. The second-order valence-corrected chi connectivity index (χ2v) is 11.6. The molecule has 216 valence electrons. The highest BCUT2D eigenvalue weighted by Gasteiger charge is 2.18. The van der Waals surface area contributed by atoms with Crippen LogP contribution in [0, 0.1) is 0 Å². The summed E-state index contributed by atoms with van der Waals surface area (Å²) < 4.78 is 71.9. The van der Waals surface area contributed by atoms with Gasteiger partial charge in [-0.3, -0.25) is 4.57 Å². The summed E-state index contributed by atoms with van der Waals surface area (Å²) in [6.07, 6.45) is 0. The smallest absolute Gasteiger partial charge is 0.238 e. The van der Waals surface area contributed by atoms with Gasteiger partial charge in [0.25, 0.3) is 0 Å². The lowest BCUT2D eigenvalue weighted by atomic mass is 10.0.